The molecule has 6 heteroatoms. The summed E-state index contributed by atoms with van der Waals surface area (Å²) >= 11 is 0. The van der Waals surface area contributed by atoms with Gasteiger partial charge in [0.2, 0.25) is 0 Å². The Kier molecular flexibility index (Phi) is 4.41. The molecule has 1 fully saturated rings. The minimum absolute atomic E-state index is 0.0186. The number of nitrogens with zero attached hydrogens (tertiary/aromatic N) is 3. The van der Waals surface area contributed by atoms with Crippen molar-refractivity contribution in [2.24, 2.45) is 0 Å². The SMILES string of the molecule is Cc1ccc(O)c(C(=O)NC2CCN(c3cnccn3)CC2)c1. The van der Waals surface area contributed by atoms with E-state index >= 15 is 0 Å². The summed E-state index contributed by atoms with van der Waals surface area (Å²) in [6, 6.07) is 5.15. The van der Waals surface area contributed by atoms with E-state index in [1.54, 1.807) is 36.8 Å². The summed E-state index contributed by atoms with van der Waals surface area (Å²) in [6.07, 6.45) is 6.78. The Morgan fingerprint density at radius 2 is 2.09 bits per heavy atom. The Bertz CT molecular complexity index is 682. The molecule has 0 aliphatic carbocycles. The number of phenolic OH excluding ortho intramolecular Hbond substituents is 1. The van der Waals surface area contributed by atoms with Crippen LogP contribution < -0.4 is 10.2 Å². The van der Waals surface area contributed by atoms with Gasteiger partial charge in [-0.1, -0.05) is 11.6 Å². The third-order valence-corrected chi connectivity index (χ3v) is 4.10. The minimum atomic E-state index is -0.218. The van der Waals surface area contributed by atoms with Gasteiger partial charge in [-0.3, -0.25) is 9.78 Å². The molecular formula is C17H20N4O2. The number of aryl methyl sites for hydroxylation is 1. The molecule has 0 spiro atoms. The molecule has 120 valence electrons. The predicted molar refractivity (Wildman–Crippen MR) is 87.6 cm³/mol. The van der Waals surface area contributed by atoms with Crippen LogP contribution in [0, 0.1) is 6.92 Å². The van der Waals surface area contributed by atoms with Gasteiger partial charge in [0.1, 0.15) is 11.6 Å². The van der Waals surface area contributed by atoms with Crippen molar-refractivity contribution in [1.82, 2.24) is 15.3 Å². The number of amides is 1. The van der Waals surface area contributed by atoms with Gasteiger partial charge < -0.3 is 15.3 Å². The maximum atomic E-state index is 12.3. The van der Waals surface area contributed by atoms with E-state index in [1.165, 1.54) is 0 Å². The zero-order valence-corrected chi connectivity index (χ0v) is 13.1. The highest BCUT2D eigenvalue weighted by molar-refractivity contribution is 5.97. The number of aromatic nitrogens is 2. The maximum Gasteiger partial charge on any atom is 0.255 e. The van der Waals surface area contributed by atoms with Crippen molar-refractivity contribution in [2.45, 2.75) is 25.8 Å². The van der Waals surface area contributed by atoms with Crippen molar-refractivity contribution in [3.8, 4) is 5.75 Å². The van der Waals surface area contributed by atoms with Gasteiger partial charge in [0.05, 0.1) is 11.8 Å². The van der Waals surface area contributed by atoms with E-state index in [9.17, 15) is 9.90 Å². The lowest BCUT2D eigenvalue weighted by Gasteiger charge is -2.32. The summed E-state index contributed by atoms with van der Waals surface area (Å²) in [7, 11) is 0. The third kappa shape index (κ3) is 3.59. The molecule has 23 heavy (non-hydrogen) atoms. The van der Waals surface area contributed by atoms with Crippen molar-refractivity contribution in [2.75, 3.05) is 18.0 Å². The number of carbonyl (C=O) groups excluding carboxylic acids is 1. The monoisotopic (exact) mass is 312 g/mol. The van der Waals surface area contributed by atoms with Crippen LogP contribution in [0.25, 0.3) is 0 Å². The number of aromatic hydroxyl groups is 1. The highest BCUT2D eigenvalue weighted by atomic mass is 16.3. The number of anilines is 1. The Morgan fingerprint density at radius 3 is 2.78 bits per heavy atom. The van der Waals surface area contributed by atoms with Gasteiger partial charge in [-0.05, 0) is 31.9 Å². The summed E-state index contributed by atoms with van der Waals surface area (Å²) in [5.74, 6) is 0.669. The number of hydrogen-bond donors (Lipinski definition) is 2. The first-order valence-corrected chi connectivity index (χ1v) is 7.75. The number of phenols is 1. The quantitative estimate of drug-likeness (QED) is 0.905. The molecule has 1 aromatic heterocycles. The van der Waals surface area contributed by atoms with Crippen LogP contribution in [0.15, 0.2) is 36.8 Å². The van der Waals surface area contributed by atoms with E-state index < -0.39 is 0 Å². The molecule has 0 atom stereocenters. The van der Waals surface area contributed by atoms with E-state index in [4.69, 9.17) is 0 Å². The van der Waals surface area contributed by atoms with Crippen LogP contribution in [0.1, 0.15) is 28.8 Å². The molecule has 0 radical (unpaired) electrons. The van der Waals surface area contributed by atoms with Crippen molar-refractivity contribution in [1.29, 1.82) is 0 Å². The maximum absolute atomic E-state index is 12.3. The van der Waals surface area contributed by atoms with Crippen LogP contribution in [0.2, 0.25) is 0 Å². The first kappa shape index (κ1) is 15.3. The van der Waals surface area contributed by atoms with E-state index in [-0.39, 0.29) is 17.7 Å². The molecule has 2 aromatic rings. The van der Waals surface area contributed by atoms with Gasteiger partial charge >= 0.3 is 0 Å². The first-order valence-electron chi connectivity index (χ1n) is 7.75. The summed E-state index contributed by atoms with van der Waals surface area (Å²) in [4.78, 5) is 22.9. The lowest BCUT2D eigenvalue weighted by Crippen LogP contribution is -2.45. The molecule has 0 bridgehead atoms. The van der Waals surface area contributed by atoms with Crippen molar-refractivity contribution in [3.63, 3.8) is 0 Å². The fraction of sp³-hybridized carbons (Fsp3) is 0.353. The average Bonchev–Trinajstić information content (AvgIpc) is 2.58. The Labute approximate surface area is 135 Å². The summed E-state index contributed by atoms with van der Waals surface area (Å²) in [6.45, 7) is 3.54. The van der Waals surface area contributed by atoms with E-state index in [2.05, 4.69) is 20.2 Å². The average molecular weight is 312 g/mol. The molecule has 1 saturated heterocycles. The van der Waals surface area contributed by atoms with Crippen molar-refractivity contribution < 1.29 is 9.90 Å². The largest absolute Gasteiger partial charge is 0.507 e. The summed E-state index contributed by atoms with van der Waals surface area (Å²) < 4.78 is 0. The van der Waals surface area contributed by atoms with Gasteiger partial charge in [-0.15, -0.1) is 0 Å². The van der Waals surface area contributed by atoms with Crippen LogP contribution in [-0.4, -0.2) is 40.1 Å². The molecule has 0 unspecified atom stereocenters. The first-order chi connectivity index (χ1) is 11.1. The minimum Gasteiger partial charge on any atom is -0.507 e. The lowest BCUT2D eigenvalue weighted by atomic mass is 10.0. The summed E-state index contributed by atoms with van der Waals surface area (Å²) in [5.41, 5.74) is 1.28. The molecule has 1 aromatic carbocycles. The lowest BCUT2D eigenvalue weighted by molar-refractivity contribution is 0.0928. The topological polar surface area (TPSA) is 78.4 Å². The second-order valence-electron chi connectivity index (χ2n) is 5.82. The van der Waals surface area contributed by atoms with Gasteiger partial charge in [-0.25, -0.2) is 4.98 Å². The predicted octanol–water partition coefficient (Wildman–Crippen LogP) is 1.89. The normalized spacial score (nSPS) is 15.4. The number of nitrogens with one attached hydrogen (secondary N) is 1. The molecule has 3 rings (SSSR count). The molecule has 1 amide bonds. The van der Waals surface area contributed by atoms with Crippen molar-refractivity contribution >= 4 is 11.7 Å². The van der Waals surface area contributed by atoms with E-state index in [0.717, 1.165) is 37.3 Å². The Hall–Kier alpha value is -2.63. The van der Waals surface area contributed by atoms with Gasteiger partial charge in [0, 0.05) is 31.5 Å². The fourth-order valence-corrected chi connectivity index (χ4v) is 2.80. The van der Waals surface area contributed by atoms with Crippen LogP contribution in [0.4, 0.5) is 5.82 Å². The molecule has 1 aliphatic heterocycles. The van der Waals surface area contributed by atoms with E-state index in [0.29, 0.717) is 5.56 Å². The zero-order chi connectivity index (χ0) is 16.2. The van der Waals surface area contributed by atoms with Crippen molar-refractivity contribution in [3.05, 3.63) is 47.9 Å². The second-order valence-corrected chi connectivity index (χ2v) is 5.82. The van der Waals surface area contributed by atoms with Gasteiger partial charge in [0.25, 0.3) is 5.91 Å². The van der Waals surface area contributed by atoms with E-state index in [1.807, 2.05) is 6.92 Å². The smallest absolute Gasteiger partial charge is 0.255 e. The third-order valence-electron chi connectivity index (χ3n) is 4.10. The Balaban J connectivity index is 1.58. The fourth-order valence-electron chi connectivity index (χ4n) is 2.80. The molecule has 2 heterocycles. The molecular weight excluding hydrogens is 292 g/mol. The zero-order valence-electron chi connectivity index (χ0n) is 13.1. The number of benzene rings is 1. The van der Waals surface area contributed by atoms with Crippen LogP contribution >= 0.6 is 0 Å². The molecule has 6 nitrogen and oxygen atoms in total. The van der Waals surface area contributed by atoms with Gasteiger partial charge in [0.15, 0.2) is 0 Å². The second kappa shape index (κ2) is 6.64. The van der Waals surface area contributed by atoms with Crippen LogP contribution in [0.5, 0.6) is 5.75 Å². The molecule has 2 N–H and O–H groups in total. The number of hydrogen-bond acceptors (Lipinski definition) is 5. The highest BCUT2D eigenvalue weighted by Gasteiger charge is 2.23. The van der Waals surface area contributed by atoms with Crippen LogP contribution in [-0.2, 0) is 0 Å². The van der Waals surface area contributed by atoms with Crippen LogP contribution in [0.3, 0.4) is 0 Å². The highest BCUT2D eigenvalue weighted by Crippen LogP contribution is 2.20. The summed E-state index contributed by atoms with van der Waals surface area (Å²) in [5, 5.41) is 12.9. The number of piperidine rings is 1. The number of carbonyl (C=O) groups is 1. The Morgan fingerprint density at radius 1 is 1.30 bits per heavy atom. The molecule has 1 aliphatic rings. The standard InChI is InChI=1S/C17H20N4O2/c1-12-2-3-15(22)14(10-12)17(23)20-13-4-8-21(9-5-13)16-11-18-6-7-19-16/h2-3,6-7,10-11,13,22H,4-5,8-9H2,1H3,(H,20,23). The molecule has 0 saturated carbocycles. The number of rotatable bonds is 3. The van der Waals surface area contributed by atoms with Gasteiger partial charge in [-0.2, -0.15) is 0 Å².